The molecular formula is C11H15N3OS. The molecule has 2 aromatic rings. The number of fused-ring (bicyclic) bond motifs is 1. The van der Waals surface area contributed by atoms with Crippen molar-refractivity contribution in [2.24, 2.45) is 0 Å². The molecule has 5 heteroatoms. The van der Waals surface area contributed by atoms with E-state index in [4.69, 9.17) is 0 Å². The quantitative estimate of drug-likeness (QED) is 0.808. The lowest BCUT2D eigenvalue weighted by molar-refractivity contribution is 0.380. The first kappa shape index (κ1) is 11.3. The number of thiophene rings is 1. The van der Waals surface area contributed by atoms with E-state index in [0.717, 1.165) is 21.6 Å². The van der Waals surface area contributed by atoms with Crippen LogP contribution in [0.25, 0.3) is 10.2 Å². The van der Waals surface area contributed by atoms with Crippen LogP contribution in [0.3, 0.4) is 0 Å². The van der Waals surface area contributed by atoms with Crippen LogP contribution in [0.4, 0.5) is 0 Å². The Morgan fingerprint density at radius 3 is 2.94 bits per heavy atom. The van der Waals surface area contributed by atoms with Crippen molar-refractivity contribution in [3.63, 3.8) is 0 Å². The van der Waals surface area contributed by atoms with Gasteiger partial charge in [0.1, 0.15) is 4.83 Å². The topological polar surface area (TPSA) is 38.1 Å². The first-order chi connectivity index (χ1) is 7.58. The molecule has 0 radical (unpaired) electrons. The van der Waals surface area contributed by atoms with Gasteiger partial charge in [-0.05, 0) is 27.1 Å². The average Bonchev–Trinajstić information content (AvgIpc) is 2.58. The first-order valence-electron chi connectivity index (χ1n) is 5.18. The van der Waals surface area contributed by atoms with Gasteiger partial charge in [0.05, 0.1) is 11.7 Å². The fraction of sp³-hybridized carbons (Fsp3) is 0.455. The van der Waals surface area contributed by atoms with Crippen LogP contribution in [-0.2, 0) is 6.54 Å². The Kier molecular flexibility index (Phi) is 3.07. The summed E-state index contributed by atoms with van der Waals surface area (Å²) in [7, 11) is 3.98. The lowest BCUT2D eigenvalue weighted by Crippen LogP contribution is -2.26. The first-order valence-corrected chi connectivity index (χ1v) is 6.00. The molecule has 0 bridgehead atoms. The third kappa shape index (κ3) is 2.15. The van der Waals surface area contributed by atoms with Gasteiger partial charge >= 0.3 is 0 Å². The van der Waals surface area contributed by atoms with Crippen LogP contribution in [-0.4, -0.2) is 35.1 Å². The van der Waals surface area contributed by atoms with E-state index in [1.165, 1.54) is 0 Å². The van der Waals surface area contributed by atoms with Gasteiger partial charge in [-0.15, -0.1) is 11.3 Å². The van der Waals surface area contributed by atoms with E-state index in [-0.39, 0.29) is 5.56 Å². The van der Waals surface area contributed by atoms with Gasteiger partial charge < -0.3 is 4.90 Å². The molecule has 0 N–H and O–H groups in total. The average molecular weight is 237 g/mol. The van der Waals surface area contributed by atoms with Gasteiger partial charge in [-0.1, -0.05) is 0 Å². The van der Waals surface area contributed by atoms with Gasteiger partial charge in [0.2, 0.25) is 0 Å². The highest BCUT2D eigenvalue weighted by atomic mass is 32.1. The number of rotatable bonds is 3. The van der Waals surface area contributed by atoms with Gasteiger partial charge in [0.15, 0.2) is 0 Å². The summed E-state index contributed by atoms with van der Waals surface area (Å²) >= 11 is 1.56. The molecule has 0 aliphatic heterocycles. The molecule has 16 heavy (non-hydrogen) atoms. The monoisotopic (exact) mass is 237 g/mol. The third-order valence-corrected chi connectivity index (χ3v) is 3.39. The summed E-state index contributed by atoms with van der Waals surface area (Å²) in [6.07, 6.45) is 1.64. The number of hydrogen-bond donors (Lipinski definition) is 0. The van der Waals surface area contributed by atoms with Crippen molar-refractivity contribution in [3.8, 4) is 0 Å². The fourth-order valence-electron chi connectivity index (χ4n) is 1.55. The Morgan fingerprint density at radius 2 is 2.25 bits per heavy atom. The summed E-state index contributed by atoms with van der Waals surface area (Å²) in [5, 5.41) is 0.740. The van der Waals surface area contributed by atoms with Crippen molar-refractivity contribution < 1.29 is 0 Å². The lowest BCUT2D eigenvalue weighted by Gasteiger charge is -2.10. The number of nitrogens with zero attached hydrogens (tertiary/aromatic N) is 3. The zero-order valence-electron chi connectivity index (χ0n) is 9.73. The molecule has 2 aromatic heterocycles. The Morgan fingerprint density at radius 1 is 1.50 bits per heavy atom. The standard InChI is InChI=1S/C11H15N3OS/c1-8-6-9-10(16-8)12-7-14(11(9)15)5-4-13(2)3/h6-7H,4-5H2,1-3H3. The minimum absolute atomic E-state index is 0.0659. The van der Waals surface area contributed by atoms with Crippen LogP contribution in [0, 0.1) is 6.92 Å². The van der Waals surface area contributed by atoms with Gasteiger partial charge in [-0.2, -0.15) is 0 Å². The maximum atomic E-state index is 12.1. The Labute approximate surface area is 98.1 Å². The number of hydrogen-bond acceptors (Lipinski definition) is 4. The van der Waals surface area contributed by atoms with Gasteiger partial charge in [-0.3, -0.25) is 9.36 Å². The van der Waals surface area contributed by atoms with Crippen molar-refractivity contribution in [3.05, 3.63) is 27.6 Å². The smallest absolute Gasteiger partial charge is 0.262 e. The molecule has 2 rings (SSSR count). The van der Waals surface area contributed by atoms with Crippen molar-refractivity contribution in [1.82, 2.24) is 14.5 Å². The van der Waals surface area contributed by atoms with Crippen molar-refractivity contribution >= 4 is 21.6 Å². The number of aryl methyl sites for hydroxylation is 1. The summed E-state index contributed by atoms with van der Waals surface area (Å²) in [6, 6.07) is 1.92. The number of aromatic nitrogens is 2. The van der Waals surface area contributed by atoms with E-state index in [9.17, 15) is 4.79 Å². The Bertz CT molecular complexity index is 556. The zero-order chi connectivity index (χ0) is 11.7. The van der Waals surface area contributed by atoms with Gasteiger partial charge in [0, 0.05) is 18.0 Å². The van der Waals surface area contributed by atoms with E-state index in [1.54, 1.807) is 22.2 Å². The zero-order valence-corrected chi connectivity index (χ0v) is 10.5. The summed E-state index contributed by atoms with van der Waals surface area (Å²) in [5.41, 5.74) is 0.0659. The molecule has 0 fully saturated rings. The van der Waals surface area contributed by atoms with Crippen LogP contribution >= 0.6 is 11.3 Å². The molecular weight excluding hydrogens is 222 g/mol. The predicted molar refractivity (Wildman–Crippen MR) is 67.2 cm³/mol. The molecule has 0 atom stereocenters. The molecule has 0 saturated heterocycles. The second-order valence-electron chi connectivity index (χ2n) is 4.12. The highest BCUT2D eigenvalue weighted by Crippen LogP contribution is 2.19. The molecule has 0 aromatic carbocycles. The SMILES string of the molecule is Cc1cc2c(=O)n(CCN(C)C)cnc2s1. The number of likely N-dealkylation sites (N-methyl/N-ethyl adjacent to an activating group) is 1. The van der Waals surface area contributed by atoms with E-state index < -0.39 is 0 Å². The second-order valence-corrected chi connectivity index (χ2v) is 5.36. The van der Waals surface area contributed by atoms with Crippen LogP contribution in [0.15, 0.2) is 17.2 Å². The van der Waals surface area contributed by atoms with Crippen molar-refractivity contribution in [2.75, 3.05) is 20.6 Å². The van der Waals surface area contributed by atoms with E-state index in [1.807, 2.05) is 27.1 Å². The van der Waals surface area contributed by atoms with Crippen LogP contribution < -0.4 is 5.56 Å². The Balaban J connectivity index is 2.40. The summed E-state index contributed by atoms with van der Waals surface area (Å²) in [5.74, 6) is 0. The molecule has 0 saturated carbocycles. The summed E-state index contributed by atoms with van der Waals surface area (Å²) in [4.78, 5) is 20.4. The highest BCUT2D eigenvalue weighted by Gasteiger charge is 2.06. The van der Waals surface area contributed by atoms with Crippen LogP contribution in [0.5, 0.6) is 0 Å². The minimum atomic E-state index is 0.0659. The Hall–Kier alpha value is -1.20. The highest BCUT2D eigenvalue weighted by molar-refractivity contribution is 7.18. The molecule has 2 heterocycles. The molecule has 86 valence electrons. The van der Waals surface area contributed by atoms with E-state index >= 15 is 0 Å². The van der Waals surface area contributed by atoms with Crippen LogP contribution in [0.2, 0.25) is 0 Å². The normalized spacial score (nSPS) is 11.5. The van der Waals surface area contributed by atoms with E-state index in [0.29, 0.717) is 6.54 Å². The minimum Gasteiger partial charge on any atom is -0.308 e. The molecule has 0 amide bonds. The van der Waals surface area contributed by atoms with Crippen molar-refractivity contribution in [1.29, 1.82) is 0 Å². The molecule has 0 spiro atoms. The summed E-state index contributed by atoms with van der Waals surface area (Å²) < 4.78 is 1.68. The second kappa shape index (κ2) is 4.35. The van der Waals surface area contributed by atoms with Gasteiger partial charge in [-0.25, -0.2) is 4.98 Å². The van der Waals surface area contributed by atoms with Gasteiger partial charge in [0.25, 0.3) is 5.56 Å². The maximum absolute atomic E-state index is 12.1. The predicted octanol–water partition coefficient (Wildman–Crippen LogP) is 1.33. The van der Waals surface area contributed by atoms with Crippen molar-refractivity contribution in [2.45, 2.75) is 13.5 Å². The van der Waals surface area contributed by atoms with Crippen LogP contribution in [0.1, 0.15) is 4.88 Å². The fourth-order valence-corrected chi connectivity index (χ4v) is 2.39. The molecule has 0 unspecified atom stereocenters. The lowest BCUT2D eigenvalue weighted by atomic mass is 10.3. The molecule has 0 aliphatic carbocycles. The summed E-state index contributed by atoms with van der Waals surface area (Å²) in [6.45, 7) is 3.52. The maximum Gasteiger partial charge on any atom is 0.262 e. The molecule has 0 aliphatic rings. The molecule has 4 nitrogen and oxygen atoms in total. The largest absolute Gasteiger partial charge is 0.308 e. The van der Waals surface area contributed by atoms with E-state index in [2.05, 4.69) is 9.88 Å². The third-order valence-electron chi connectivity index (χ3n) is 2.43.